The molecule has 0 atom stereocenters. The van der Waals surface area contributed by atoms with Crippen molar-refractivity contribution in [3.8, 4) is 0 Å². The number of carbonyl (C=O) groups is 1. The summed E-state index contributed by atoms with van der Waals surface area (Å²) in [6.07, 6.45) is 0. The van der Waals surface area contributed by atoms with E-state index in [1.54, 1.807) is 13.0 Å². The van der Waals surface area contributed by atoms with Crippen molar-refractivity contribution in [3.05, 3.63) is 59.4 Å². The fourth-order valence-electron chi connectivity index (χ4n) is 2.08. The van der Waals surface area contributed by atoms with Crippen molar-refractivity contribution in [3.63, 3.8) is 0 Å². The molecule has 0 aromatic heterocycles. The van der Waals surface area contributed by atoms with Gasteiger partial charge in [-0.3, -0.25) is 4.79 Å². The lowest BCUT2D eigenvalue weighted by Crippen LogP contribution is -2.27. The molecule has 2 aromatic carbocycles. The Morgan fingerprint density at radius 3 is 2.64 bits per heavy atom. The molecule has 0 aliphatic rings. The predicted octanol–water partition coefficient (Wildman–Crippen LogP) is 2.31. The Kier molecular flexibility index (Phi) is 6.24. The van der Waals surface area contributed by atoms with Crippen LogP contribution < -0.4 is 10.0 Å². The fraction of sp³-hybridized carbons (Fsp3) is 0.235. The van der Waals surface area contributed by atoms with Crippen molar-refractivity contribution in [2.75, 3.05) is 25.6 Å². The van der Waals surface area contributed by atoms with E-state index in [4.69, 9.17) is 4.74 Å². The van der Waals surface area contributed by atoms with Crippen molar-refractivity contribution in [1.29, 1.82) is 0 Å². The first-order valence-corrected chi connectivity index (χ1v) is 8.98. The largest absolute Gasteiger partial charge is 0.383 e. The number of aryl methyl sites for hydroxylation is 1. The predicted molar refractivity (Wildman–Crippen MR) is 92.6 cm³/mol. The molecule has 0 aliphatic carbocycles. The van der Waals surface area contributed by atoms with E-state index in [-0.39, 0.29) is 29.3 Å². The van der Waals surface area contributed by atoms with Crippen molar-refractivity contribution in [2.45, 2.75) is 11.8 Å². The molecule has 25 heavy (non-hydrogen) atoms. The van der Waals surface area contributed by atoms with Gasteiger partial charge in [-0.05, 0) is 42.8 Å². The molecule has 0 bridgehead atoms. The Labute approximate surface area is 146 Å². The number of methoxy groups -OCH3 is 1. The number of benzene rings is 2. The summed E-state index contributed by atoms with van der Waals surface area (Å²) in [5.74, 6) is -1.16. The summed E-state index contributed by atoms with van der Waals surface area (Å²) in [7, 11) is -2.30. The SMILES string of the molecule is COCCNS(=O)(=O)c1cccc(C(=O)Nc2ccc(C)cc2F)c1. The summed E-state index contributed by atoms with van der Waals surface area (Å²) in [6, 6.07) is 9.93. The number of hydrogen-bond donors (Lipinski definition) is 2. The first kappa shape index (κ1) is 19.0. The highest BCUT2D eigenvalue weighted by Crippen LogP contribution is 2.17. The molecule has 2 N–H and O–H groups in total. The van der Waals surface area contributed by atoms with Crippen molar-refractivity contribution < 1.29 is 22.3 Å². The van der Waals surface area contributed by atoms with Crippen molar-refractivity contribution in [2.24, 2.45) is 0 Å². The average Bonchev–Trinajstić information content (AvgIpc) is 2.57. The van der Waals surface area contributed by atoms with E-state index in [0.29, 0.717) is 0 Å². The maximum atomic E-state index is 13.8. The van der Waals surface area contributed by atoms with Crippen LogP contribution in [0.3, 0.4) is 0 Å². The Morgan fingerprint density at radius 2 is 1.96 bits per heavy atom. The monoisotopic (exact) mass is 366 g/mol. The molecule has 8 heteroatoms. The smallest absolute Gasteiger partial charge is 0.255 e. The van der Waals surface area contributed by atoms with Crippen LogP contribution in [0.5, 0.6) is 0 Å². The van der Waals surface area contributed by atoms with Gasteiger partial charge < -0.3 is 10.1 Å². The lowest BCUT2D eigenvalue weighted by Gasteiger charge is -2.09. The molecular weight excluding hydrogens is 347 g/mol. The van der Waals surface area contributed by atoms with E-state index in [0.717, 1.165) is 5.56 Å². The standard InChI is InChI=1S/C17H19FN2O4S/c1-12-6-7-16(15(18)10-12)20-17(21)13-4-3-5-14(11-13)25(22,23)19-8-9-24-2/h3-7,10-11,19H,8-9H2,1-2H3,(H,20,21). The summed E-state index contributed by atoms with van der Waals surface area (Å²) < 4.78 is 45.3. The van der Waals surface area contributed by atoms with E-state index in [1.807, 2.05) is 0 Å². The topological polar surface area (TPSA) is 84.5 Å². The molecule has 0 saturated heterocycles. The number of anilines is 1. The Hall–Kier alpha value is -2.29. The van der Waals surface area contributed by atoms with Gasteiger partial charge in [-0.25, -0.2) is 17.5 Å². The van der Waals surface area contributed by atoms with Gasteiger partial charge in [0, 0.05) is 19.2 Å². The Morgan fingerprint density at radius 1 is 1.20 bits per heavy atom. The van der Waals surface area contributed by atoms with Gasteiger partial charge in [0.15, 0.2) is 0 Å². The molecule has 1 amide bonds. The molecular formula is C17H19FN2O4S. The molecule has 6 nitrogen and oxygen atoms in total. The second kappa shape index (κ2) is 8.19. The van der Waals surface area contributed by atoms with Gasteiger partial charge in [-0.15, -0.1) is 0 Å². The molecule has 0 radical (unpaired) electrons. The molecule has 134 valence electrons. The molecule has 0 saturated carbocycles. The number of sulfonamides is 1. The summed E-state index contributed by atoms with van der Waals surface area (Å²) in [6.45, 7) is 2.08. The van der Waals surface area contributed by atoms with E-state index < -0.39 is 21.7 Å². The highest BCUT2D eigenvalue weighted by molar-refractivity contribution is 7.89. The first-order valence-electron chi connectivity index (χ1n) is 7.49. The summed E-state index contributed by atoms with van der Waals surface area (Å²) in [5.41, 5.74) is 0.863. The quantitative estimate of drug-likeness (QED) is 0.737. The number of halogens is 1. The summed E-state index contributed by atoms with van der Waals surface area (Å²) in [4.78, 5) is 12.2. The molecule has 0 heterocycles. The van der Waals surface area contributed by atoms with E-state index in [1.165, 1.54) is 43.5 Å². The van der Waals surface area contributed by atoms with Crippen molar-refractivity contribution in [1.82, 2.24) is 4.72 Å². The van der Waals surface area contributed by atoms with Gasteiger partial charge in [-0.1, -0.05) is 12.1 Å². The third kappa shape index (κ3) is 5.09. The maximum absolute atomic E-state index is 13.8. The fourth-order valence-corrected chi connectivity index (χ4v) is 3.14. The minimum atomic E-state index is -3.76. The van der Waals surface area contributed by atoms with Gasteiger partial charge in [0.2, 0.25) is 10.0 Å². The highest BCUT2D eigenvalue weighted by atomic mass is 32.2. The van der Waals surface area contributed by atoms with Crippen LogP contribution in [0.25, 0.3) is 0 Å². The van der Waals surface area contributed by atoms with Crippen LogP contribution in [-0.4, -0.2) is 34.6 Å². The van der Waals surface area contributed by atoms with Gasteiger partial charge in [0.1, 0.15) is 5.82 Å². The molecule has 2 rings (SSSR count). The zero-order valence-electron chi connectivity index (χ0n) is 13.9. The van der Waals surface area contributed by atoms with Crippen molar-refractivity contribution >= 4 is 21.6 Å². The van der Waals surface area contributed by atoms with Crippen LogP contribution in [0.15, 0.2) is 47.4 Å². The van der Waals surface area contributed by atoms with E-state index in [9.17, 15) is 17.6 Å². The summed E-state index contributed by atoms with van der Waals surface area (Å²) in [5, 5.41) is 2.44. The van der Waals surface area contributed by atoms with Gasteiger partial charge in [-0.2, -0.15) is 0 Å². The number of carbonyl (C=O) groups excluding carboxylic acids is 1. The minimum absolute atomic E-state index is 0.0297. The third-order valence-corrected chi connectivity index (χ3v) is 4.84. The van der Waals surface area contributed by atoms with Crippen LogP contribution in [0.1, 0.15) is 15.9 Å². The minimum Gasteiger partial charge on any atom is -0.383 e. The molecule has 0 fully saturated rings. The molecule has 0 spiro atoms. The van der Waals surface area contributed by atoms with E-state index in [2.05, 4.69) is 10.0 Å². The van der Waals surface area contributed by atoms with Gasteiger partial charge in [0.25, 0.3) is 5.91 Å². The van der Waals surface area contributed by atoms with Crippen LogP contribution in [0, 0.1) is 12.7 Å². The second-order valence-electron chi connectivity index (χ2n) is 5.36. The lowest BCUT2D eigenvalue weighted by atomic mass is 10.2. The van der Waals surface area contributed by atoms with Gasteiger partial charge in [0.05, 0.1) is 17.2 Å². The third-order valence-electron chi connectivity index (χ3n) is 3.38. The number of nitrogens with one attached hydrogen (secondary N) is 2. The number of ether oxygens (including phenoxy) is 1. The highest BCUT2D eigenvalue weighted by Gasteiger charge is 2.16. The number of hydrogen-bond acceptors (Lipinski definition) is 4. The number of amides is 1. The van der Waals surface area contributed by atoms with Crippen LogP contribution in [-0.2, 0) is 14.8 Å². The Balaban J connectivity index is 2.18. The Bertz CT molecular complexity index is 869. The van der Waals surface area contributed by atoms with Crippen LogP contribution in [0.2, 0.25) is 0 Å². The first-order chi connectivity index (χ1) is 11.8. The molecule has 0 unspecified atom stereocenters. The second-order valence-corrected chi connectivity index (χ2v) is 7.12. The average molecular weight is 366 g/mol. The van der Waals surface area contributed by atoms with Crippen LogP contribution in [0.4, 0.5) is 10.1 Å². The molecule has 2 aromatic rings. The van der Waals surface area contributed by atoms with Gasteiger partial charge >= 0.3 is 0 Å². The molecule has 0 aliphatic heterocycles. The normalized spacial score (nSPS) is 11.3. The number of rotatable bonds is 7. The maximum Gasteiger partial charge on any atom is 0.255 e. The lowest BCUT2D eigenvalue weighted by molar-refractivity contribution is 0.102. The zero-order valence-corrected chi connectivity index (χ0v) is 14.7. The zero-order chi connectivity index (χ0) is 18.4. The van der Waals surface area contributed by atoms with Crippen LogP contribution >= 0.6 is 0 Å². The summed E-state index contributed by atoms with van der Waals surface area (Å²) >= 11 is 0. The van der Waals surface area contributed by atoms with E-state index >= 15 is 0 Å².